The van der Waals surface area contributed by atoms with Gasteiger partial charge in [-0.3, -0.25) is 0 Å². The Bertz CT molecular complexity index is 1540. The molecule has 0 amide bonds. The van der Waals surface area contributed by atoms with Gasteiger partial charge in [0.25, 0.3) is 0 Å². The van der Waals surface area contributed by atoms with E-state index in [1.807, 2.05) is 6.92 Å². The van der Waals surface area contributed by atoms with Crippen molar-refractivity contribution in [3.63, 3.8) is 0 Å². The lowest BCUT2D eigenvalue weighted by Crippen LogP contribution is -2.45. The number of methoxy groups -OCH3 is 2. The Morgan fingerprint density at radius 2 is 1.66 bits per heavy atom. The molecule has 0 atom stereocenters. The third kappa shape index (κ3) is 8.85. The second-order valence-corrected chi connectivity index (χ2v) is 13.9. The highest BCUT2D eigenvalue weighted by Crippen LogP contribution is 2.40. The highest BCUT2D eigenvalue weighted by Gasteiger charge is 2.32. The summed E-state index contributed by atoms with van der Waals surface area (Å²) in [5, 5.41) is 0. The molecule has 252 valence electrons. The molecule has 1 saturated carbocycles. The van der Waals surface area contributed by atoms with Gasteiger partial charge in [0, 0.05) is 36.9 Å². The fourth-order valence-corrected chi connectivity index (χ4v) is 6.30. The minimum atomic E-state index is -0.196. The predicted molar refractivity (Wildman–Crippen MR) is 194 cm³/mol. The zero-order valence-corrected chi connectivity index (χ0v) is 29.7. The van der Waals surface area contributed by atoms with Gasteiger partial charge < -0.3 is 28.7 Å². The summed E-state index contributed by atoms with van der Waals surface area (Å²) in [4.78, 5) is 5.08. The minimum Gasteiger partial charge on any atom is -0.494 e. The highest BCUT2D eigenvalue weighted by molar-refractivity contribution is 5.78. The van der Waals surface area contributed by atoms with Gasteiger partial charge >= 0.3 is 0 Å². The van der Waals surface area contributed by atoms with E-state index >= 15 is 0 Å². The van der Waals surface area contributed by atoms with Crippen molar-refractivity contribution in [3.05, 3.63) is 89.8 Å². The Morgan fingerprint density at radius 3 is 2.26 bits per heavy atom. The van der Waals surface area contributed by atoms with Crippen LogP contribution in [-0.2, 0) is 11.3 Å². The first-order valence-electron chi connectivity index (χ1n) is 17.3. The molecule has 2 aliphatic rings. The molecule has 0 aromatic heterocycles. The molecular weight excluding hydrogens is 584 g/mol. The first-order valence-corrected chi connectivity index (χ1v) is 17.3. The van der Waals surface area contributed by atoms with Crippen LogP contribution in [0, 0.1) is 0 Å². The molecule has 0 bridgehead atoms. The summed E-state index contributed by atoms with van der Waals surface area (Å²) in [7, 11) is 3.36. The van der Waals surface area contributed by atoms with Crippen molar-refractivity contribution in [1.29, 1.82) is 0 Å². The first kappa shape index (κ1) is 34.3. The van der Waals surface area contributed by atoms with Crippen LogP contribution in [0.4, 0.5) is 5.69 Å². The fraction of sp³-hybridized carbons (Fsp3) is 0.463. The van der Waals surface area contributed by atoms with Crippen LogP contribution in [0.2, 0.25) is 0 Å². The largest absolute Gasteiger partial charge is 0.494 e. The molecule has 0 spiro atoms. The molecule has 2 fully saturated rings. The van der Waals surface area contributed by atoms with E-state index in [2.05, 4.69) is 105 Å². The van der Waals surface area contributed by atoms with Crippen LogP contribution in [-0.4, -0.2) is 50.5 Å². The molecule has 3 aromatic carbocycles. The third-order valence-corrected chi connectivity index (χ3v) is 8.88. The number of nitrogens with zero attached hydrogens (tertiary/aromatic N) is 2. The van der Waals surface area contributed by atoms with E-state index in [1.165, 1.54) is 16.8 Å². The van der Waals surface area contributed by atoms with Crippen LogP contribution in [0.15, 0.2) is 78.7 Å². The monoisotopic (exact) mass is 638 g/mol. The zero-order chi connectivity index (χ0) is 33.6. The van der Waals surface area contributed by atoms with Gasteiger partial charge in [-0.05, 0) is 130 Å². The summed E-state index contributed by atoms with van der Waals surface area (Å²) in [6.45, 7) is 18.4. The minimum absolute atomic E-state index is 0.196. The van der Waals surface area contributed by atoms with E-state index < -0.39 is 0 Å². The standard InChI is InChI=1S/C41H54N2O4/c1-9-10-24-46-36-18-16-34(17-19-36)43(35-20-22-42(23-21-35)40(31-14-15-31)47-41(4,5)6)28-30-12-11-13-32(25-30)33-26-37(29(2)3)39(45-8)38(27-33)44-7/h11-13,16-19,25-27,35H,2,9-10,14-15,20-24,28H2,1,3-8H3. The molecule has 47 heavy (non-hydrogen) atoms. The first-order chi connectivity index (χ1) is 22.6. The molecule has 6 nitrogen and oxygen atoms in total. The van der Waals surface area contributed by atoms with Crippen LogP contribution in [0.25, 0.3) is 16.7 Å². The van der Waals surface area contributed by atoms with Crippen molar-refractivity contribution in [3.8, 4) is 28.4 Å². The van der Waals surface area contributed by atoms with Gasteiger partial charge in [-0.15, -0.1) is 0 Å². The maximum absolute atomic E-state index is 6.50. The van der Waals surface area contributed by atoms with Crippen LogP contribution < -0.4 is 19.1 Å². The lowest BCUT2D eigenvalue weighted by molar-refractivity contribution is -0.00541. The number of ether oxygens (including phenoxy) is 4. The number of hydrogen-bond acceptors (Lipinski definition) is 6. The number of unbranched alkanes of at least 4 members (excludes halogenated alkanes) is 1. The van der Waals surface area contributed by atoms with E-state index in [0.717, 1.165) is 98.7 Å². The van der Waals surface area contributed by atoms with Gasteiger partial charge in [-0.25, -0.2) is 0 Å². The fourth-order valence-electron chi connectivity index (χ4n) is 6.30. The van der Waals surface area contributed by atoms with Crippen LogP contribution in [0.1, 0.15) is 84.3 Å². The van der Waals surface area contributed by atoms with E-state index in [1.54, 1.807) is 14.2 Å². The number of piperidine rings is 1. The van der Waals surface area contributed by atoms with Crippen molar-refractivity contribution in [2.45, 2.75) is 91.3 Å². The molecule has 0 N–H and O–H groups in total. The number of anilines is 1. The smallest absolute Gasteiger partial charge is 0.188 e. The molecule has 0 radical (unpaired) electrons. The van der Waals surface area contributed by atoms with Crippen molar-refractivity contribution in [2.75, 3.05) is 38.8 Å². The lowest BCUT2D eigenvalue weighted by Gasteiger charge is -2.42. The average molecular weight is 639 g/mol. The Hall–Kier alpha value is -4.06. The summed E-state index contributed by atoms with van der Waals surface area (Å²) in [5.74, 6) is 3.49. The van der Waals surface area contributed by atoms with Crippen LogP contribution >= 0.6 is 0 Å². The van der Waals surface area contributed by atoms with Crippen molar-refractivity contribution < 1.29 is 18.9 Å². The molecular formula is C41H54N2O4. The zero-order valence-electron chi connectivity index (χ0n) is 29.7. The molecule has 3 aromatic rings. The quantitative estimate of drug-likeness (QED) is 0.129. The van der Waals surface area contributed by atoms with E-state index in [9.17, 15) is 0 Å². The van der Waals surface area contributed by atoms with Crippen molar-refractivity contribution >= 4 is 11.3 Å². The van der Waals surface area contributed by atoms with Gasteiger partial charge in [0.2, 0.25) is 0 Å². The Kier molecular flexibility index (Phi) is 11.1. The maximum Gasteiger partial charge on any atom is 0.188 e. The van der Waals surface area contributed by atoms with Crippen molar-refractivity contribution in [2.24, 2.45) is 0 Å². The molecule has 6 heteroatoms. The number of rotatable bonds is 14. The SMILES string of the molecule is C=C(C)c1cc(-c2cccc(CN(c3ccc(OCCCC)cc3)C3CCN(C(OC(C)(C)C)=C4CC4)CC3)c2)cc(OC)c1OC. The Balaban J connectivity index is 1.41. The summed E-state index contributed by atoms with van der Waals surface area (Å²) < 4.78 is 23.9. The van der Waals surface area contributed by atoms with Gasteiger partial charge in [0.15, 0.2) is 17.4 Å². The predicted octanol–water partition coefficient (Wildman–Crippen LogP) is 9.87. The summed E-state index contributed by atoms with van der Waals surface area (Å²) in [6, 6.07) is 22.2. The van der Waals surface area contributed by atoms with Crippen molar-refractivity contribution in [1.82, 2.24) is 4.90 Å². The molecule has 1 aliphatic heterocycles. The number of benzene rings is 3. The van der Waals surface area contributed by atoms with Gasteiger partial charge in [-0.2, -0.15) is 0 Å². The third-order valence-electron chi connectivity index (χ3n) is 8.88. The molecule has 1 saturated heterocycles. The second kappa shape index (κ2) is 15.2. The van der Waals surface area contributed by atoms with Gasteiger partial charge in [-0.1, -0.05) is 38.1 Å². The molecule has 5 rings (SSSR count). The molecule has 1 aliphatic carbocycles. The Morgan fingerprint density at radius 1 is 0.936 bits per heavy atom. The summed E-state index contributed by atoms with van der Waals surface area (Å²) >= 11 is 0. The topological polar surface area (TPSA) is 43.4 Å². The van der Waals surface area contributed by atoms with Gasteiger partial charge in [0.05, 0.1) is 20.8 Å². The number of hydrogen-bond donors (Lipinski definition) is 0. The summed E-state index contributed by atoms with van der Waals surface area (Å²) in [5.41, 5.74) is 7.87. The molecule has 1 heterocycles. The highest BCUT2D eigenvalue weighted by atomic mass is 16.5. The Labute approximate surface area is 283 Å². The number of likely N-dealkylation sites (tertiary alicyclic amines) is 1. The van der Waals surface area contributed by atoms with Gasteiger partial charge in [0.1, 0.15) is 11.4 Å². The normalized spacial score (nSPS) is 14.9. The molecule has 0 unspecified atom stereocenters. The number of allylic oxidation sites excluding steroid dienone is 2. The van der Waals surface area contributed by atoms with Crippen LogP contribution in [0.3, 0.4) is 0 Å². The van der Waals surface area contributed by atoms with Crippen LogP contribution in [0.5, 0.6) is 17.2 Å². The maximum atomic E-state index is 6.50. The van der Waals surface area contributed by atoms with E-state index in [4.69, 9.17) is 18.9 Å². The second-order valence-electron chi connectivity index (χ2n) is 13.9. The average Bonchev–Trinajstić information content (AvgIpc) is 3.91. The lowest BCUT2D eigenvalue weighted by atomic mass is 9.96. The van der Waals surface area contributed by atoms with E-state index in [0.29, 0.717) is 17.5 Å². The van der Waals surface area contributed by atoms with E-state index in [-0.39, 0.29) is 5.60 Å². The summed E-state index contributed by atoms with van der Waals surface area (Å²) in [6.07, 6.45) is 6.64.